The molecule has 182 valence electrons. The van der Waals surface area contributed by atoms with E-state index in [9.17, 15) is 5.11 Å². The van der Waals surface area contributed by atoms with Gasteiger partial charge in [-0.2, -0.15) is 0 Å². The lowest BCUT2D eigenvalue weighted by atomic mass is 9.78. The summed E-state index contributed by atoms with van der Waals surface area (Å²) in [6, 6.07) is 14.0. The summed E-state index contributed by atoms with van der Waals surface area (Å²) in [5, 5.41) is 14.2. The molecule has 1 fully saturated rings. The molecule has 2 N–H and O–H groups in total. The van der Waals surface area contributed by atoms with Crippen LogP contribution in [0, 0.1) is 5.92 Å². The van der Waals surface area contributed by atoms with Crippen molar-refractivity contribution >= 4 is 23.2 Å². The molecule has 0 radical (unpaired) electrons. The average Bonchev–Trinajstić information content (AvgIpc) is 2.82. The lowest BCUT2D eigenvalue weighted by Crippen LogP contribution is -2.47. The van der Waals surface area contributed by atoms with Crippen LogP contribution in [0.3, 0.4) is 0 Å². The van der Waals surface area contributed by atoms with Crippen molar-refractivity contribution in [1.82, 2.24) is 10.2 Å². The van der Waals surface area contributed by atoms with Crippen LogP contribution in [-0.2, 0) is 5.41 Å². The third kappa shape index (κ3) is 7.49. The highest BCUT2D eigenvalue weighted by atomic mass is 35.5. The molecule has 0 spiro atoms. The Balaban J connectivity index is 1.57. The van der Waals surface area contributed by atoms with Crippen molar-refractivity contribution < 1.29 is 14.6 Å². The van der Waals surface area contributed by atoms with Crippen molar-refractivity contribution in [1.29, 1.82) is 0 Å². The van der Waals surface area contributed by atoms with Gasteiger partial charge in [-0.05, 0) is 35.4 Å². The predicted octanol–water partition coefficient (Wildman–Crippen LogP) is 4.56. The van der Waals surface area contributed by atoms with Crippen molar-refractivity contribution in [2.45, 2.75) is 32.3 Å². The molecule has 0 aliphatic carbocycles. The molecular weight excluding hydrogens is 459 g/mol. The Morgan fingerprint density at radius 3 is 2.33 bits per heavy atom. The fraction of sp³-hybridized carbons (Fsp3) is 0.538. The second kappa shape index (κ2) is 12.3. The molecule has 0 amide bonds. The predicted molar refractivity (Wildman–Crippen MR) is 136 cm³/mol. The minimum absolute atomic E-state index is 0.244. The number of aliphatic hydroxyl groups excluding tert-OH is 1. The van der Waals surface area contributed by atoms with E-state index >= 15 is 0 Å². The quantitative estimate of drug-likeness (QED) is 0.448. The third-order valence-electron chi connectivity index (χ3n) is 6.14. The number of β-amino-alcohol motifs (C(OH)–C–C–N with tert-alkyl or cyclic N) is 1. The second-order valence-electron chi connectivity index (χ2n) is 9.38. The summed E-state index contributed by atoms with van der Waals surface area (Å²) in [6.45, 7) is 11.7. The number of hydrogen-bond acceptors (Lipinski definition) is 5. The summed E-state index contributed by atoms with van der Waals surface area (Å²) >= 11 is 12.4. The van der Waals surface area contributed by atoms with Gasteiger partial charge in [-0.3, -0.25) is 4.90 Å². The van der Waals surface area contributed by atoms with E-state index in [1.54, 1.807) is 0 Å². The highest BCUT2D eigenvalue weighted by Gasteiger charge is 2.24. The summed E-state index contributed by atoms with van der Waals surface area (Å²) in [7, 11) is 0. The summed E-state index contributed by atoms with van der Waals surface area (Å²) in [6.07, 6.45) is -0.505. The topological polar surface area (TPSA) is 54.0 Å². The van der Waals surface area contributed by atoms with Crippen LogP contribution in [0.25, 0.3) is 0 Å². The smallest absolute Gasteiger partial charge is 0.137 e. The van der Waals surface area contributed by atoms with Gasteiger partial charge in [0, 0.05) is 49.9 Å². The van der Waals surface area contributed by atoms with E-state index in [2.05, 4.69) is 42.3 Å². The number of nitrogens with zero attached hydrogens (tertiary/aromatic N) is 1. The minimum Gasteiger partial charge on any atom is -0.492 e. The molecule has 33 heavy (non-hydrogen) atoms. The maximum atomic E-state index is 10.3. The Morgan fingerprint density at radius 1 is 1.03 bits per heavy atom. The van der Waals surface area contributed by atoms with Crippen molar-refractivity contribution in [3.63, 3.8) is 0 Å². The van der Waals surface area contributed by atoms with Gasteiger partial charge in [-0.15, -0.1) is 11.6 Å². The Hall–Kier alpha value is -1.50. The number of rotatable bonds is 11. The number of halogens is 2. The summed E-state index contributed by atoms with van der Waals surface area (Å²) in [4.78, 5) is 2.26. The van der Waals surface area contributed by atoms with Crippen LogP contribution in [0.2, 0.25) is 5.02 Å². The van der Waals surface area contributed by atoms with Crippen molar-refractivity contribution in [2.75, 3.05) is 51.8 Å². The first-order valence-corrected chi connectivity index (χ1v) is 12.5. The first-order chi connectivity index (χ1) is 15.8. The molecule has 0 aromatic heterocycles. The Bertz CT molecular complexity index is 870. The Labute approximate surface area is 208 Å². The van der Waals surface area contributed by atoms with E-state index in [-0.39, 0.29) is 17.9 Å². The molecule has 5 nitrogen and oxygen atoms in total. The molecule has 3 rings (SSSR count). The summed E-state index contributed by atoms with van der Waals surface area (Å²) in [5.74, 6) is 2.25. The molecule has 0 bridgehead atoms. The van der Waals surface area contributed by atoms with Crippen molar-refractivity contribution in [2.24, 2.45) is 5.92 Å². The second-order valence-corrected chi connectivity index (χ2v) is 10.1. The van der Waals surface area contributed by atoms with Crippen LogP contribution in [0.4, 0.5) is 0 Å². The van der Waals surface area contributed by atoms with Crippen LogP contribution in [-0.4, -0.2) is 67.9 Å². The van der Waals surface area contributed by atoms with Crippen LogP contribution < -0.4 is 14.8 Å². The zero-order chi connectivity index (χ0) is 23.8. The Kier molecular flexibility index (Phi) is 9.71. The number of alkyl halides is 1. The normalized spacial score (nSPS) is 16.9. The SMILES string of the molecule is C[C@@H](CCl)COc1ccc(C(C)(C)c2ccc(OC[C@H](O)CN3CCNCC3)cc2)cc1Cl. The number of ether oxygens (including phenoxy) is 2. The standard InChI is InChI=1S/C26H36Cl2N2O3/c1-19(15-27)17-33-25-9-6-21(14-24(25)28)26(2,3)20-4-7-23(8-5-20)32-18-22(31)16-30-12-10-29-11-13-30/h4-9,14,19,22,29,31H,10-13,15-18H2,1-3H3/t19-,22+/m0/s1. The molecule has 2 aromatic carbocycles. The lowest BCUT2D eigenvalue weighted by Gasteiger charge is -2.29. The van der Waals surface area contributed by atoms with Gasteiger partial charge >= 0.3 is 0 Å². The van der Waals surface area contributed by atoms with Gasteiger partial charge in [0.25, 0.3) is 0 Å². The highest BCUT2D eigenvalue weighted by Crippen LogP contribution is 2.36. The number of nitrogens with one attached hydrogen (secondary N) is 1. The molecule has 2 aromatic rings. The Morgan fingerprint density at radius 2 is 1.70 bits per heavy atom. The average molecular weight is 495 g/mol. The van der Waals surface area contributed by atoms with E-state index in [1.807, 2.05) is 31.2 Å². The fourth-order valence-electron chi connectivity index (χ4n) is 3.85. The molecule has 0 saturated carbocycles. The van der Waals surface area contributed by atoms with Crippen LogP contribution in [0.1, 0.15) is 31.9 Å². The number of piperazine rings is 1. The fourth-order valence-corrected chi connectivity index (χ4v) is 4.18. The van der Waals surface area contributed by atoms with Crippen molar-refractivity contribution in [3.8, 4) is 11.5 Å². The van der Waals surface area contributed by atoms with Gasteiger partial charge in [0.2, 0.25) is 0 Å². The van der Waals surface area contributed by atoms with E-state index in [1.165, 1.54) is 0 Å². The maximum absolute atomic E-state index is 10.3. The number of benzene rings is 2. The van der Waals surface area contributed by atoms with Gasteiger partial charge in [0.1, 0.15) is 24.2 Å². The first-order valence-electron chi connectivity index (χ1n) is 11.6. The molecule has 0 unspecified atom stereocenters. The van der Waals surface area contributed by atoms with E-state index in [0.29, 0.717) is 29.8 Å². The zero-order valence-corrected chi connectivity index (χ0v) is 21.3. The maximum Gasteiger partial charge on any atom is 0.137 e. The molecule has 7 heteroatoms. The molecule has 1 aliphatic heterocycles. The van der Waals surface area contributed by atoms with Gasteiger partial charge in [0.15, 0.2) is 0 Å². The minimum atomic E-state index is -0.505. The van der Waals surface area contributed by atoms with Gasteiger partial charge in [-0.1, -0.05) is 50.6 Å². The third-order valence-corrected chi connectivity index (χ3v) is 6.96. The molecule has 1 saturated heterocycles. The molecule has 1 aliphatic rings. The summed E-state index contributed by atoms with van der Waals surface area (Å²) < 4.78 is 11.6. The van der Waals surface area contributed by atoms with Crippen LogP contribution >= 0.6 is 23.2 Å². The van der Waals surface area contributed by atoms with Crippen LogP contribution in [0.15, 0.2) is 42.5 Å². The molecular formula is C26H36Cl2N2O3. The van der Waals surface area contributed by atoms with E-state index in [0.717, 1.165) is 43.1 Å². The summed E-state index contributed by atoms with van der Waals surface area (Å²) in [5.41, 5.74) is 2.01. The number of hydrogen-bond donors (Lipinski definition) is 2. The van der Waals surface area contributed by atoms with Crippen molar-refractivity contribution in [3.05, 3.63) is 58.6 Å². The van der Waals surface area contributed by atoms with Gasteiger partial charge in [-0.25, -0.2) is 0 Å². The van der Waals surface area contributed by atoms with Gasteiger partial charge < -0.3 is 19.9 Å². The number of aliphatic hydroxyl groups is 1. The van der Waals surface area contributed by atoms with Gasteiger partial charge in [0.05, 0.1) is 11.6 Å². The van der Waals surface area contributed by atoms with E-state index < -0.39 is 6.10 Å². The largest absolute Gasteiger partial charge is 0.492 e. The monoisotopic (exact) mass is 494 g/mol. The van der Waals surface area contributed by atoms with E-state index in [4.69, 9.17) is 32.7 Å². The van der Waals surface area contributed by atoms with Crippen LogP contribution in [0.5, 0.6) is 11.5 Å². The lowest BCUT2D eigenvalue weighted by molar-refractivity contribution is 0.0641. The zero-order valence-electron chi connectivity index (χ0n) is 19.8. The highest BCUT2D eigenvalue weighted by molar-refractivity contribution is 6.32. The molecule has 2 atom stereocenters. The molecule has 1 heterocycles. The first kappa shape index (κ1) is 26.1.